The van der Waals surface area contributed by atoms with Crippen LogP contribution in [0, 0.1) is 0 Å². The Bertz CT molecular complexity index is 791. The fourth-order valence-electron chi connectivity index (χ4n) is 3.40. The van der Waals surface area contributed by atoms with Gasteiger partial charge in [-0.15, -0.1) is 0 Å². The molecule has 0 atom stereocenters. The number of amides is 1. The monoisotopic (exact) mass is 335 g/mol. The van der Waals surface area contributed by atoms with E-state index in [1.807, 2.05) is 36.4 Å². The highest BCUT2D eigenvalue weighted by Crippen LogP contribution is 2.32. The van der Waals surface area contributed by atoms with E-state index in [0.29, 0.717) is 5.56 Å². The first-order valence-corrected chi connectivity index (χ1v) is 8.77. The summed E-state index contributed by atoms with van der Waals surface area (Å²) in [5.41, 5.74) is 11.4. The average Bonchev–Trinajstić information content (AvgIpc) is 2.67. The number of hydrogen-bond acceptors (Lipinski definition) is 3. The number of nitrogens with one attached hydrogen (secondary N) is 1. The molecule has 1 saturated heterocycles. The third-order valence-electron chi connectivity index (χ3n) is 4.80. The van der Waals surface area contributed by atoms with Crippen molar-refractivity contribution in [2.45, 2.75) is 19.3 Å². The van der Waals surface area contributed by atoms with Crippen LogP contribution in [0.15, 0.2) is 49.0 Å². The van der Waals surface area contributed by atoms with Crippen molar-refractivity contribution in [3.05, 3.63) is 65.7 Å². The Morgan fingerprint density at radius 3 is 2.40 bits per heavy atom. The van der Waals surface area contributed by atoms with E-state index in [4.69, 9.17) is 5.73 Å². The number of piperidine rings is 1. The zero-order valence-corrected chi connectivity index (χ0v) is 14.7. The molecule has 1 heterocycles. The van der Waals surface area contributed by atoms with Crippen molar-refractivity contribution >= 4 is 22.9 Å². The summed E-state index contributed by atoms with van der Waals surface area (Å²) in [7, 11) is 1.63. The minimum Gasteiger partial charge on any atom is -0.397 e. The number of anilines is 2. The molecule has 2 aromatic rings. The summed E-state index contributed by atoms with van der Waals surface area (Å²) in [5.74, 6) is -0.116. The topological polar surface area (TPSA) is 58.4 Å². The Hall–Kier alpha value is -2.75. The number of hydrogen-bond donors (Lipinski definition) is 2. The Morgan fingerprint density at radius 2 is 1.76 bits per heavy atom. The summed E-state index contributed by atoms with van der Waals surface area (Å²) in [6, 6.07) is 13.6. The van der Waals surface area contributed by atoms with Gasteiger partial charge >= 0.3 is 0 Å². The zero-order chi connectivity index (χ0) is 17.8. The van der Waals surface area contributed by atoms with Crippen molar-refractivity contribution in [3.8, 4) is 0 Å². The molecule has 1 amide bonds. The molecule has 1 aliphatic heterocycles. The van der Waals surface area contributed by atoms with Crippen LogP contribution in [0.1, 0.15) is 40.7 Å². The summed E-state index contributed by atoms with van der Waals surface area (Å²) in [4.78, 5) is 14.5. The van der Waals surface area contributed by atoms with Gasteiger partial charge in [0.2, 0.25) is 0 Å². The van der Waals surface area contributed by atoms with Crippen LogP contribution in [-0.4, -0.2) is 26.0 Å². The molecule has 0 spiro atoms. The third-order valence-corrected chi connectivity index (χ3v) is 4.80. The van der Waals surface area contributed by atoms with E-state index in [0.717, 1.165) is 41.2 Å². The lowest BCUT2D eigenvalue weighted by molar-refractivity contribution is 0.0963. The van der Waals surface area contributed by atoms with Gasteiger partial charge in [0.15, 0.2) is 0 Å². The van der Waals surface area contributed by atoms with Gasteiger partial charge in [0.1, 0.15) is 0 Å². The van der Waals surface area contributed by atoms with Crippen LogP contribution < -0.4 is 16.0 Å². The SMILES string of the molecule is C=C(c1ccc(N2CCCCC2)c(N)c1)c1ccccc1C(=O)NC. The summed E-state index contributed by atoms with van der Waals surface area (Å²) in [6.07, 6.45) is 3.72. The molecule has 3 N–H and O–H groups in total. The van der Waals surface area contributed by atoms with Crippen LogP contribution >= 0.6 is 0 Å². The lowest BCUT2D eigenvalue weighted by Crippen LogP contribution is -2.30. The fraction of sp³-hybridized carbons (Fsp3) is 0.286. The van der Waals surface area contributed by atoms with E-state index in [1.165, 1.54) is 19.3 Å². The van der Waals surface area contributed by atoms with Crippen LogP contribution in [0.3, 0.4) is 0 Å². The molecule has 0 unspecified atom stereocenters. The predicted molar refractivity (Wildman–Crippen MR) is 105 cm³/mol. The van der Waals surface area contributed by atoms with Crippen LogP contribution in [0.25, 0.3) is 5.57 Å². The smallest absolute Gasteiger partial charge is 0.251 e. The molecule has 0 radical (unpaired) electrons. The summed E-state index contributed by atoms with van der Waals surface area (Å²) < 4.78 is 0. The van der Waals surface area contributed by atoms with Crippen LogP contribution in [0.5, 0.6) is 0 Å². The van der Waals surface area contributed by atoms with Crippen molar-refractivity contribution in [2.24, 2.45) is 0 Å². The first kappa shape index (κ1) is 17.1. The molecular formula is C21H25N3O. The molecule has 3 rings (SSSR count). The van der Waals surface area contributed by atoms with E-state index in [9.17, 15) is 4.79 Å². The van der Waals surface area contributed by atoms with Crippen molar-refractivity contribution < 1.29 is 4.79 Å². The first-order chi connectivity index (χ1) is 12.1. The molecule has 0 saturated carbocycles. The maximum absolute atomic E-state index is 12.1. The second kappa shape index (κ2) is 7.43. The normalized spacial score (nSPS) is 14.2. The highest BCUT2D eigenvalue weighted by Gasteiger charge is 2.16. The van der Waals surface area contributed by atoms with Crippen molar-refractivity contribution in [3.63, 3.8) is 0 Å². The van der Waals surface area contributed by atoms with Crippen LogP contribution in [-0.2, 0) is 0 Å². The number of nitrogens with zero attached hydrogens (tertiary/aromatic N) is 1. The second-order valence-electron chi connectivity index (χ2n) is 6.42. The van der Waals surface area contributed by atoms with Gasteiger partial charge in [0, 0.05) is 25.7 Å². The molecule has 0 bridgehead atoms. The molecule has 1 fully saturated rings. The Labute approximate surface area is 149 Å². The molecule has 1 aliphatic rings. The molecule has 25 heavy (non-hydrogen) atoms. The molecule has 0 aromatic heterocycles. The maximum atomic E-state index is 12.1. The minimum atomic E-state index is -0.116. The molecule has 4 nitrogen and oxygen atoms in total. The van der Waals surface area contributed by atoms with Gasteiger partial charge in [0.25, 0.3) is 5.91 Å². The highest BCUT2D eigenvalue weighted by atomic mass is 16.1. The average molecular weight is 335 g/mol. The van der Waals surface area contributed by atoms with Crippen molar-refractivity contribution in [2.75, 3.05) is 30.8 Å². The molecule has 130 valence electrons. The number of nitrogen functional groups attached to an aromatic ring is 1. The molecule has 4 heteroatoms. The van der Waals surface area contributed by atoms with Crippen molar-refractivity contribution in [1.29, 1.82) is 0 Å². The summed E-state index contributed by atoms with van der Waals surface area (Å²) in [6.45, 7) is 6.33. The van der Waals surface area contributed by atoms with E-state index >= 15 is 0 Å². The Kier molecular flexibility index (Phi) is 5.08. The Morgan fingerprint density at radius 1 is 1.08 bits per heavy atom. The maximum Gasteiger partial charge on any atom is 0.251 e. The third kappa shape index (κ3) is 3.53. The van der Waals surface area contributed by atoms with Crippen LogP contribution in [0.4, 0.5) is 11.4 Å². The second-order valence-corrected chi connectivity index (χ2v) is 6.42. The van der Waals surface area contributed by atoms with Gasteiger partial charge < -0.3 is 16.0 Å². The highest BCUT2D eigenvalue weighted by molar-refractivity contribution is 6.00. The number of benzene rings is 2. The number of carbonyl (C=O) groups is 1. The minimum absolute atomic E-state index is 0.116. The number of carbonyl (C=O) groups excluding carboxylic acids is 1. The Balaban J connectivity index is 1.91. The van der Waals surface area contributed by atoms with Gasteiger partial charge in [-0.25, -0.2) is 0 Å². The van der Waals surface area contributed by atoms with Gasteiger partial charge in [-0.3, -0.25) is 4.79 Å². The zero-order valence-electron chi connectivity index (χ0n) is 14.7. The largest absolute Gasteiger partial charge is 0.397 e. The summed E-state index contributed by atoms with van der Waals surface area (Å²) >= 11 is 0. The van der Waals surface area contributed by atoms with Crippen LogP contribution in [0.2, 0.25) is 0 Å². The van der Waals surface area contributed by atoms with Gasteiger partial charge in [-0.2, -0.15) is 0 Å². The van der Waals surface area contributed by atoms with E-state index in [2.05, 4.69) is 22.9 Å². The quantitative estimate of drug-likeness (QED) is 0.838. The first-order valence-electron chi connectivity index (χ1n) is 8.77. The number of rotatable bonds is 4. The predicted octanol–water partition coefficient (Wildman–Crippen LogP) is 3.68. The molecular weight excluding hydrogens is 310 g/mol. The van der Waals surface area contributed by atoms with E-state index in [-0.39, 0.29) is 5.91 Å². The molecule has 0 aliphatic carbocycles. The number of nitrogens with two attached hydrogens (primary N) is 1. The standard InChI is InChI=1S/C21H25N3O/c1-15(17-8-4-5-9-18(17)21(25)23-2)16-10-11-20(19(22)14-16)24-12-6-3-7-13-24/h4-5,8-11,14H,1,3,6-7,12-13,22H2,2H3,(H,23,25). The summed E-state index contributed by atoms with van der Waals surface area (Å²) in [5, 5.41) is 2.68. The molecule has 2 aromatic carbocycles. The van der Waals surface area contributed by atoms with E-state index in [1.54, 1.807) is 7.05 Å². The van der Waals surface area contributed by atoms with Gasteiger partial charge in [0.05, 0.1) is 11.4 Å². The lowest BCUT2D eigenvalue weighted by Gasteiger charge is -2.30. The van der Waals surface area contributed by atoms with E-state index < -0.39 is 0 Å². The van der Waals surface area contributed by atoms with Gasteiger partial charge in [-0.1, -0.05) is 30.8 Å². The lowest BCUT2D eigenvalue weighted by atomic mass is 9.94. The van der Waals surface area contributed by atoms with Crippen molar-refractivity contribution in [1.82, 2.24) is 5.32 Å². The fourth-order valence-corrected chi connectivity index (χ4v) is 3.40. The van der Waals surface area contributed by atoms with Gasteiger partial charge in [-0.05, 0) is 54.2 Å².